The molecule has 1 heterocycles. The van der Waals surface area contributed by atoms with E-state index in [1.165, 1.54) is 11.0 Å². The van der Waals surface area contributed by atoms with Crippen LogP contribution in [0.2, 0.25) is 0 Å². The van der Waals surface area contributed by atoms with Crippen molar-refractivity contribution in [3.05, 3.63) is 29.6 Å². The summed E-state index contributed by atoms with van der Waals surface area (Å²) in [6.45, 7) is 6.11. The monoisotopic (exact) mass is 242 g/mol. The minimum Gasteiger partial charge on any atom is -0.336 e. The number of aromatic nitrogens is 1. The highest BCUT2D eigenvalue weighted by molar-refractivity contribution is 5.94. The third-order valence-corrected chi connectivity index (χ3v) is 2.43. The van der Waals surface area contributed by atoms with Crippen molar-refractivity contribution in [1.82, 2.24) is 9.88 Å². The van der Waals surface area contributed by atoms with Crippen LogP contribution < -0.4 is 0 Å². The fourth-order valence-corrected chi connectivity index (χ4v) is 1.57. The zero-order valence-corrected chi connectivity index (χ0v) is 10.2. The molecule has 0 N–H and O–H groups in total. The van der Waals surface area contributed by atoms with Gasteiger partial charge < -0.3 is 4.90 Å². The first-order valence-corrected chi connectivity index (χ1v) is 5.60. The molecule has 3 nitrogen and oxygen atoms in total. The lowest BCUT2D eigenvalue weighted by molar-refractivity contribution is 0.0699. The third kappa shape index (κ3) is 2.99. The number of carbonyl (C=O) groups is 1. The molecule has 0 saturated heterocycles. The summed E-state index contributed by atoms with van der Waals surface area (Å²) in [6, 6.07) is 1.14. The first-order valence-electron chi connectivity index (χ1n) is 5.60. The molecular formula is C12H16F2N2O. The van der Waals surface area contributed by atoms with E-state index < -0.39 is 17.7 Å². The maximum atomic E-state index is 13.4. The summed E-state index contributed by atoms with van der Waals surface area (Å²) >= 11 is 0. The average Bonchev–Trinajstić information content (AvgIpc) is 2.28. The lowest BCUT2D eigenvalue weighted by Crippen LogP contribution is -2.38. The van der Waals surface area contributed by atoms with Crippen LogP contribution in [0.1, 0.15) is 37.6 Å². The molecule has 1 aromatic rings. The highest BCUT2D eigenvalue weighted by Crippen LogP contribution is 2.14. The van der Waals surface area contributed by atoms with E-state index in [4.69, 9.17) is 0 Å². The molecule has 5 heteroatoms. The first kappa shape index (κ1) is 13.5. The Kier molecular flexibility index (Phi) is 4.54. The zero-order chi connectivity index (χ0) is 13.0. The van der Waals surface area contributed by atoms with E-state index in [9.17, 15) is 13.6 Å². The van der Waals surface area contributed by atoms with Gasteiger partial charge in [-0.15, -0.1) is 0 Å². The number of halogens is 2. The van der Waals surface area contributed by atoms with Crippen molar-refractivity contribution in [3.63, 3.8) is 0 Å². The molecule has 0 fully saturated rings. The van der Waals surface area contributed by atoms with Gasteiger partial charge in [-0.05, 0) is 26.3 Å². The smallest absolute Gasteiger partial charge is 0.257 e. The van der Waals surface area contributed by atoms with Crippen LogP contribution >= 0.6 is 0 Å². The van der Waals surface area contributed by atoms with Crippen LogP contribution in [0.5, 0.6) is 0 Å². The molecule has 0 aliphatic heterocycles. The summed E-state index contributed by atoms with van der Waals surface area (Å²) in [5, 5.41) is 0. The number of nitrogens with zero attached hydrogens (tertiary/aromatic N) is 2. The molecule has 0 saturated carbocycles. The van der Waals surface area contributed by atoms with E-state index in [2.05, 4.69) is 4.98 Å². The molecule has 0 radical (unpaired) electrons. The lowest BCUT2D eigenvalue weighted by Gasteiger charge is -2.26. The second kappa shape index (κ2) is 5.70. The topological polar surface area (TPSA) is 33.2 Å². The molecule has 1 aromatic heterocycles. The van der Waals surface area contributed by atoms with E-state index in [0.717, 1.165) is 12.6 Å². The van der Waals surface area contributed by atoms with Crippen LogP contribution in [-0.4, -0.2) is 28.4 Å². The summed E-state index contributed by atoms with van der Waals surface area (Å²) in [7, 11) is 0. The maximum Gasteiger partial charge on any atom is 0.257 e. The van der Waals surface area contributed by atoms with Gasteiger partial charge in [0.05, 0.1) is 5.56 Å². The number of rotatable bonds is 4. The Balaban J connectivity index is 3.05. The molecule has 0 aliphatic carbocycles. The van der Waals surface area contributed by atoms with Gasteiger partial charge in [-0.2, -0.15) is 4.39 Å². The van der Waals surface area contributed by atoms with Gasteiger partial charge in [-0.25, -0.2) is 9.37 Å². The van der Waals surface area contributed by atoms with Gasteiger partial charge in [-0.1, -0.05) is 6.92 Å². The van der Waals surface area contributed by atoms with Crippen molar-refractivity contribution in [1.29, 1.82) is 0 Å². The van der Waals surface area contributed by atoms with E-state index in [1.807, 2.05) is 20.8 Å². The van der Waals surface area contributed by atoms with Crippen LogP contribution in [0.3, 0.4) is 0 Å². The number of pyridine rings is 1. The highest BCUT2D eigenvalue weighted by Gasteiger charge is 2.22. The Morgan fingerprint density at radius 2 is 2.12 bits per heavy atom. The lowest BCUT2D eigenvalue weighted by atomic mass is 10.2. The largest absolute Gasteiger partial charge is 0.336 e. The van der Waals surface area contributed by atoms with E-state index >= 15 is 0 Å². The van der Waals surface area contributed by atoms with Crippen molar-refractivity contribution >= 4 is 5.91 Å². The quantitative estimate of drug-likeness (QED) is 0.760. The molecule has 1 rings (SSSR count). The number of amides is 1. The summed E-state index contributed by atoms with van der Waals surface area (Å²) in [4.78, 5) is 16.7. The van der Waals surface area contributed by atoms with E-state index in [0.29, 0.717) is 6.54 Å². The third-order valence-electron chi connectivity index (χ3n) is 2.43. The number of hydrogen-bond acceptors (Lipinski definition) is 2. The summed E-state index contributed by atoms with van der Waals surface area (Å²) < 4.78 is 26.4. The molecule has 0 bridgehead atoms. The second-order valence-corrected chi connectivity index (χ2v) is 4.06. The fraction of sp³-hybridized carbons (Fsp3) is 0.500. The fourth-order valence-electron chi connectivity index (χ4n) is 1.57. The van der Waals surface area contributed by atoms with Gasteiger partial charge in [0.1, 0.15) is 0 Å². The first-order chi connectivity index (χ1) is 7.99. The molecule has 0 unspecified atom stereocenters. The standard InChI is InChI=1S/C12H16F2N2O/c1-4-7-16(8(2)3)12(17)9-5-6-15-11(14)10(9)13/h5-6,8H,4,7H2,1-3H3. The van der Waals surface area contributed by atoms with Gasteiger partial charge in [0.25, 0.3) is 5.91 Å². The molecule has 17 heavy (non-hydrogen) atoms. The molecular weight excluding hydrogens is 226 g/mol. The summed E-state index contributed by atoms with van der Waals surface area (Å²) in [6.07, 6.45) is 1.86. The van der Waals surface area contributed by atoms with Gasteiger partial charge in [0.15, 0.2) is 5.82 Å². The predicted molar refractivity (Wildman–Crippen MR) is 60.6 cm³/mol. The van der Waals surface area contributed by atoms with Gasteiger partial charge >= 0.3 is 0 Å². The highest BCUT2D eigenvalue weighted by atomic mass is 19.2. The SMILES string of the molecule is CCCN(C(=O)c1ccnc(F)c1F)C(C)C. The van der Waals surface area contributed by atoms with Crippen molar-refractivity contribution in [3.8, 4) is 0 Å². The Bertz CT molecular complexity index is 407. The van der Waals surface area contributed by atoms with Crippen molar-refractivity contribution < 1.29 is 13.6 Å². The van der Waals surface area contributed by atoms with Crippen molar-refractivity contribution in [2.24, 2.45) is 0 Å². The number of hydrogen-bond donors (Lipinski definition) is 0. The minimum atomic E-state index is -1.24. The van der Waals surface area contributed by atoms with Gasteiger partial charge in [0.2, 0.25) is 5.95 Å². The van der Waals surface area contributed by atoms with Crippen LogP contribution in [-0.2, 0) is 0 Å². The van der Waals surface area contributed by atoms with Gasteiger partial charge in [0, 0.05) is 18.8 Å². The Labute approximate surface area is 99.5 Å². The molecule has 0 aromatic carbocycles. The van der Waals surface area contributed by atoms with Crippen LogP contribution in [0.4, 0.5) is 8.78 Å². The minimum absolute atomic E-state index is 0.0573. The molecule has 94 valence electrons. The predicted octanol–water partition coefficient (Wildman–Crippen LogP) is 2.62. The zero-order valence-electron chi connectivity index (χ0n) is 10.2. The normalized spacial score (nSPS) is 10.7. The van der Waals surface area contributed by atoms with E-state index in [1.54, 1.807) is 0 Å². The molecule has 0 aliphatic rings. The Hall–Kier alpha value is -1.52. The second-order valence-electron chi connectivity index (χ2n) is 4.06. The van der Waals surface area contributed by atoms with Crippen molar-refractivity contribution in [2.75, 3.05) is 6.54 Å². The Morgan fingerprint density at radius 3 is 2.65 bits per heavy atom. The summed E-state index contributed by atoms with van der Waals surface area (Å²) in [5.41, 5.74) is -0.264. The van der Waals surface area contributed by atoms with Crippen molar-refractivity contribution in [2.45, 2.75) is 33.2 Å². The molecule has 0 atom stereocenters. The Morgan fingerprint density at radius 1 is 1.47 bits per heavy atom. The van der Waals surface area contributed by atoms with Crippen LogP contribution in [0.15, 0.2) is 12.3 Å². The molecule has 1 amide bonds. The molecule has 0 spiro atoms. The van der Waals surface area contributed by atoms with Crippen LogP contribution in [0, 0.1) is 11.8 Å². The maximum absolute atomic E-state index is 13.4. The number of carbonyl (C=O) groups excluding carboxylic acids is 1. The van der Waals surface area contributed by atoms with Gasteiger partial charge in [-0.3, -0.25) is 4.79 Å². The summed E-state index contributed by atoms with van der Waals surface area (Å²) in [5.74, 6) is -2.92. The van der Waals surface area contributed by atoms with Crippen LogP contribution in [0.25, 0.3) is 0 Å². The van der Waals surface area contributed by atoms with E-state index in [-0.39, 0.29) is 11.6 Å². The average molecular weight is 242 g/mol.